The standard InChI is InChI=1S/C21H29FN6O3/c1-21(2,3)18(20(31)27-12-16(29)9-17(27)19(30)23-4)28-11-15(25-26-28)10-24-14-7-5-13(22)6-8-14/h5-8,11,16-18,24,29H,9-10,12H2,1-4H3,(H,23,30)/t16?,17?,18-/m1/s1. The Balaban J connectivity index is 1.79. The smallest absolute Gasteiger partial charge is 0.248 e. The first-order valence-electron chi connectivity index (χ1n) is 10.2. The summed E-state index contributed by atoms with van der Waals surface area (Å²) < 4.78 is 14.6. The van der Waals surface area contributed by atoms with Crippen molar-refractivity contribution >= 4 is 17.5 Å². The number of amides is 2. The molecule has 1 aliphatic rings. The zero-order valence-corrected chi connectivity index (χ0v) is 18.2. The Labute approximate surface area is 180 Å². The van der Waals surface area contributed by atoms with E-state index in [0.29, 0.717) is 12.2 Å². The number of β-amino-alcohol motifs (C(OH)–C–C–N with tert-alkyl or cyclic N) is 1. The van der Waals surface area contributed by atoms with Crippen LogP contribution in [-0.4, -0.2) is 62.6 Å². The number of likely N-dealkylation sites (tertiary alicyclic amines) is 1. The lowest BCUT2D eigenvalue weighted by Crippen LogP contribution is -2.49. The van der Waals surface area contributed by atoms with Crippen molar-refractivity contribution < 1.29 is 19.1 Å². The van der Waals surface area contributed by atoms with Gasteiger partial charge in [0.1, 0.15) is 23.6 Å². The molecule has 0 bridgehead atoms. The largest absolute Gasteiger partial charge is 0.391 e. The van der Waals surface area contributed by atoms with Crippen molar-refractivity contribution in [3.05, 3.63) is 42.0 Å². The summed E-state index contributed by atoms with van der Waals surface area (Å²) in [7, 11) is 1.51. The second-order valence-electron chi connectivity index (χ2n) is 8.83. The van der Waals surface area contributed by atoms with Gasteiger partial charge in [-0.2, -0.15) is 0 Å². The molecule has 2 heterocycles. The van der Waals surface area contributed by atoms with Gasteiger partial charge in [-0.3, -0.25) is 9.59 Å². The van der Waals surface area contributed by atoms with Gasteiger partial charge in [0.25, 0.3) is 0 Å². The molecule has 3 rings (SSSR count). The number of anilines is 1. The molecule has 1 aliphatic heterocycles. The predicted octanol–water partition coefficient (Wildman–Crippen LogP) is 1.32. The van der Waals surface area contributed by atoms with E-state index in [9.17, 15) is 19.1 Å². The quantitative estimate of drug-likeness (QED) is 0.635. The summed E-state index contributed by atoms with van der Waals surface area (Å²) in [6.07, 6.45) is 1.14. The zero-order chi connectivity index (χ0) is 22.8. The average Bonchev–Trinajstić information content (AvgIpc) is 3.32. The maximum Gasteiger partial charge on any atom is 0.248 e. The second-order valence-corrected chi connectivity index (χ2v) is 8.83. The van der Waals surface area contributed by atoms with E-state index in [2.05, 4.69) is 20.9 Å². The van der Waals surface area contributed by atoms with E-state index in [1.807, 2.05) is 20.8 Å². The van der Waals surface area contributed by atoms with Crippen molar-refractivity contribution in [2.75, 3.05) is 18.9 Å². The third-order valence-corrected chi connectivity index (χ3v) is 5.31. The maximum absolute atomic E-state index is 13.5. The van der Waals surface area contributed by atoms with Gasteiger partial charge in [0.15, 0.2) is 0 Å². The van der Waals surface area contributed by atoms with E-state index in [1.165, 1.54) is 28.8 Å². The van der Waals surface area contributed by atoms with Crippen LogP contribution in [0.5, 0.6) is 0 Å². The number of hydrogen-bond donors (Lipinski definition) is 3. The number of hydrogen-bond acceptors (Lipinski definition) is 6. The molecule has 2 aromatic rings. The van der Waals surface area contributed by atoms with E-state index in [0.717, 1.165) is 5.69 Å². The average molecular weight is 433 g/mol. The number of nitrogens with zero attached hydrogens (tertiary/aromatic N) is 4. The van der Waals surface area contributed by atoms with Crippen LogP contribution >= 0.6 is 0 Å². The molecule has 3 N–H and O–H groups in total. The summed E-state index contributed by atoms with van der Waals surface area (Å²) in [5, 5.41) is 24.1. The minimum absolute atomic E-state index is 0.0944. The van der Waals surface area contributed by atoms with E-state index < -0.39 is 23.6 Å². The molecule has 0 radical (unpaired) electrons. The highest BCUT2D eigenvalue weighted by atomic mass is 19.1. The molecular weight excluding hydrogens is 403 g/mol. The van der Waals surface area contributed by atoms with Crippen LogP contribution in [-0.2, 0) is 16.1 Å². The van der Waals surface area contributed by atoms with E-state index >= 15 is 0 Å². The van der Waals surface area contributed by atoms with Gasteiger partial charge in [0.05, 0.1) is 18.8 Å². The molecule has 0 aliphatic carbocycles. The molecule has 1 saturated heterocycles. The Bertz CT molecular complexity index is 924. The summed E-state index contributed by atoms with van der Waals surface area (Å²) in [4.78, 5) is 27.2. The Morgan fingerprint density at radius 2 is 1.97 bits per heavy atom. The van der Waals surface area contributed by atoms with Gasteiger partial charge >= 0.3 is 0 Å². The Hall–Kier alpha value is -3.01. The number of aliphatic hydroxyl groups excluding tert-OH is 1. The topological polar surface area (TPSA) is 112 Å². The number of nitrogens with one attached hydrogen (secondary N) is 2. The fraction of sp³-hybridized carbons (Fsp3) is 0.524. The van der Waals surface area contributed by atoms with Crippen molar-refractivity contribution in [1.82, 2.24) is 25.2 Å². The summed E-state index contributed by atoms with van der Waals surface area (Å²) in [5.74, 6) is -0.911. The van der Waals surface area contributed by atoms with Crippen LogP contribution in [0.2, 0.25) is 0 Å². The van der Waals surface area contributed by atoms with Crippen LogP contribution in [0.4, 0.5) is 10.1 Å². The molecule has 3 atom stereocenters. The third-order valence-electron chi connectivity index (χ3n) is 5.31. The maximum atomic E-state index is 13.5. The predicted molar refractivity (Wildman–Crippen MR) is 112 cm³/mol. The summed E-state index contributed by atoms with van der Waals surface area (Å²) in [6, 6.07) is 4.54. The van der Waals surface area contributed by atoms with E-state index in [-0.39, 0.29) is 30.6 Å². The molecular formula is C21H29FN6O3. The van der Waals surface area contributed by atoms with Gasteiger partial charge in [0.2, 0.25) is 11.8 Å². The minimum atomic E-state index is -0.752. The Morgan fingerprint density at radius 1 is 1.29 bits per heavy atom. The molecule has 0 saturated carbocycles. The number of carbonyl (C=O) groups is 2. The molecule has 2 amide bonds. The van der Waals surface area contributed by atoms with Crippen molar-refractivity contribution in [3.8, 4) is 0 Å². The number of aliphatic hydroxyl groups is 1. The van der Waals surface area contributed by atoms with Crippen molar-refractivity contribution in [3.63, 3.8) is 0 Å². The fourth-order valence-corrected chi connectivity index (χ4v) is 3.79. The normalized spacial score (nSPS) is 19.9. The number of likely N-dealkylation sites (N-methyl/N-ethyl adjacent to an activating group) is 1. The lowest BCUT2D eigenvalue weighted by Gasteiger charge is -2.34. The van der Waals surface area contributed by atoms with Gasteiger partial charge in [-0.1, -0.05) is 26.0 Å². The van der Waals surface area contributed by atoms with Crippen LogP contribution in [0, 0.1) is 11.2 Å². The molecule has 10 heteroatoms. The highest BCUT2D eigenvalue weighted by Crippen LogP contribution is 2.34. The third kappa shape index (κ3) is 5.19. The fourth-order valence-electron chi connectivity index (χ4n) is 3.79. The lowest BCUT2D eigenvalue weighted by atomic mass is 9.85. The Morgan fingerprint density at radius 3 is 2.58 bits per heavy atom. The van der Waals surface area contributed by atoms with Crippen molar-refractivity contribution in [1.29, 1.82) is 0 Å². The highest BCUT2D eigenvalue weighted by molar-refractivity contribution is 5.90. The number of halogens is 1. The molecule has 1 fully saturated rings. The molecule has 1 aromatic heterocycles. The summed E-state index contributed by atoms with van der Waals surface area (Å²) in [5.41, 5.74) is 0.822. The zero-order valence-electron chi connectivity index (χ0n) is 18.2. The summed E-state index contributed by atoms with van der Waals surface area (Å²) in [6.45, 7) is 6.18. The Kier molecular flexibility index (Phi) is 6.59. The molecule has 1 aromatic carbocycles. The van der Waals surface area contributed by atoms with Crippen molar-refractivity contribution in [2.45, 2.75) is 51.9 Å². The molecule has 0 spiro atoms. The first kappa shape index (κ1) is 22.7. The van der Waals surface area contributed by atoms with Crippen LogP contribution in [0.1, 0.15) is 38.9 Å². The molecule has 2 unspecified atom stereocenters. The number of rotatable bonds is 6. The minimum Gasteiger partial charge on any atom is -0.391 e. The van der Waals surface area contributed by atoms with E-state index in [1.54, 1.807) is 18.3 Å². The van der Waals surface area contributed by atoms with Crippen LogP contribution in [0.3, 0.4) is 0 Å². The monoisotopic (exact) mass is 432 g/mol. The van der Waals surface area contributed by atoms with Gasteiger partial charge < -0.3 is 20.6 Å². The number of benzene rings is 1. The molecule has 168 valence electrons. The van der Waals surface area contributed by atoms with Crippen molar-refractivity contribution in [2.24, 2.45) is 5.41 Å². The van der Waals surface area contributed by atoms with Gasteiger partial charge in [-0.25, -0.2) is 9.07 Å². The SMILES string of the molecule is CNC(=O)C1CC(O)CN1C(=O)[C@@H](n1cc(CNc2ccc(F)cc2)nn1)C(C)(C)C. The summed E-state index contributed by atoms with van der Waals surface area (Å²) >= 11 is 0. The second kappa shape index (κ2) is 9.01. The number of aromatic nitrogens is 3. The van der Waals surface area contributed by atoms with Crippen LogP contribution in [0.15, 0.2) is 30.5 Å². The van der Waals surface area contributed by atoms with Crippen LogP contribution in [0.25, 0.3) is 0 Å². The lowest BCUT2D eigenvalue weighted by molar-refractivity contribution is -0.144. The van der Waals surface area contributed by atoms with Crippen LogP contribution < -0.4 is 10.6 Å². The van der Waals surface area contributed by atoms with Gasteiger partial charge in [-0.15, -0.1) is 5.10 Å². The first-order chi connectivity index (χ1) is 14.6. The van der Waals surface area contributed by atoms with Gasteiger partial charge in [-0.05, 0) is 29.7 Å². The number of carbonyl (C=O) groups excluding carboxylic acids is 2. The first-order valence-corrected chi connectivity index (χ1v) is 10.2. The van der Waals surface area contributed by atoms with E-state index in [4.69, 9.17) is 0 Å². The molecule has 9 nitrogen and oxygen atoms in total. The molecule has 31 heavy (non-hydrogen) atoms. The van der Waals surface area contributed by atoms with Gasteiger partial charge in [0, 0.05) is 25.7 Å². The highest BCUT2D eigenvalue weighted by Gasteiger charge is 2.44.